The van der Waals surface area contributed by atoms with E-state index in [1.807, 2.05) is 50.6 Å². The molecule has 1 aliphatic heterocycles. The zero-order valence-corrected chi connectivity index (χ0v) is 21.8. The highest BCUT2D eigenvalue weighted by Crippen LogP contribution is 2.44. The van der Waals surface area contributed by atoms with Crippen LogP contribution < -0.4 is 15.1 Å². The monoisotopic (exact) mass is 501 g/mol. The maximum Gasteiger partial charge on any atom is 0.174 e. The highest BCUT2D eigenvalue weighted by Gasteiger charge is 2.42. The van der Waals surface area contributed by atoms with Crippen molar-refractivity contribution in [1.29, 1.82) is 0 Å². The number of aryl methyl sites for hydroxylation is 1. The minimum absolute atomic E-state index is 0.0678. The van der Waals surface area contributed by atoms with Crippen molar-refractivity contribution in [2.24, 2.45) is 0 Å². The summed E-state index contributed by atoms with van der Waals surface area (Å²) in [7, 11) is 4.09. The van der Waals surface area contributed by atoms with Gasteiger partial charge in [-0.15, -0.1) is 0 Å². The fourth-order valence-electron chi connectivity index (χ4n) is 4.96. The molecule has 2 atom stereocenters. The molecular weight excluding hydrogens is 474 g/mol. The first-order chi connectivity index (χ1) is 16.8. The van der Waals surface area contributed by atoms with Gasteiger partial charge in [-0.3, -0.25) is 4.98 Å². The molecule has 0 radical (unpaired) electrons. The van der Waals surface area contributed by atoms with E-state index >= 15 is 0 Å². The normalized spacial score (nSPS) is 17.5. The Bertz CT molecular complexity index is 1360. The summed E-state index contributed by atoms with van der Waals surface area (Å²) >= 11 is 12.2. The van der Waals surface area contributed by atoms with E-state index in [1.165, 1.54) is 5.56 Å². The number of benzene rings is 2. The first kappa shape index (κ1) is 23.4. The topological polar surface area (TPSA) is 36.3 Å². The molecule has 0 amide bonds. The van der Waals surface area contributed by atoms with E-state index in [9.17, 15) is 0 Å². The van der Waals surface area contributed by atoms with E-state index in [0.717, 1.165) is 34.1 Å². The first-order valence-electron chi connectivity index (χ1n) is 11.6. The van der Waals surface area contributed by atoms with E-state index in [0.29, 0.717) is 10.1 Å². The minimum Gasteiger partial charge on any atom is -0.378 e. The van der Waals surface area contributed by atoms with E-state index in [2.05, 4.69) is 81.0 Å². The molecule has 0 saturated carbocycles. The third-order valence-electron chi connectivity index (χ3n) is 6.60. The summed E-state index contributed by atoms with van der Waals surface area (Å²) in [6.45, 7) is 4.29. The van der Waals surface area contributed by atoms with Crippen LogP contribution in [0.15, 0.2) is 79.0 Å². The van der Waals surface area contributed by atoms with Crippen molar-refractivity contribution in [2.75, 3.05) is 23.9 Å². The molecule has 0 unspecified atom stereocenters. The molecule has 2 aromatic heterocycles. The Balaban J connectivity index is 1.66. The van der Waals surface area contributed by atoms with Crippen LogP contribution in [0.2, 0.25) is 5.02 Å². The van der Waals surface area contributed by atoms with Gasteiger partial charge in [0.15, 0.2) is 5.11 Å². The zero-order chi connectivity index (χ0) is 24.7. The number of hydrogen-bond acceptors (Lipinski definition) is 3. The molecule has 1 saturated heterocycles. The minimum atomic E-state index is -0.0921. The van der Waals surface area contributed by atoms with Gasteiger partial charge in [-0.1, -0.05) is 23.7 Å². The number of thiocarbonyl (C=S) groups is 1. The summed E-state index contributed by atoms with van der Waals surface area (Å²) in [6.07, 6.45) is 1.83. The quantitative estimate of drug-likeness (QED) is 0.321. The Kier molecular flexibility index (Phi) is 6.26. The number of nitrogens with zero attached hydrogens (tertiary/aromatic N) is 4. The lowest BCUT2D eigenvalue weighted by Gasteiger charge is -2.28. The number of rotatable bonds is 5. The largest absolute Gasteiger partial charge is 0.378 e. The highest BCUT2D eigenvalue weighted by atomic mass is 35.5. The number of pyridine rings is 1. The Morgan fingerprint density at radius 2 is 1.71 bits per heavy atom. The van der Waals surface area contributed by atoms with Crippen LogP contribution in [-0.2, 0) is 0 Å². The smallest absolute Gasteiger partial charge is 0.174 e. The molecule has 5 nitrogen and oxygen atoms in total. The van der Waals surface area contributed by atoms with Gasteiger partial charge in [0.1, 0.15) is 0 Å². The molecule has 1 fully saturated rings. The SMILES string of the molecule is Cc1cc([C@H]2[C@H](c3ccccn3)NC(=S)N2c2ccc(N(C)C)cc2)c(C)n1-c1cccc(Cl)c1. The maximum atomic E-state index is 6.33. The zero-order valence-electron chi connectivity index (χ0n) is 20.2. The Morgan fingerprint density at radius 1 is 0.943 bits per heavy atom. The van der Waals surface area contributed by atoms with Crippen molar-refractivity contribution in [3.8, 4) is 5.69 Å². The predicted molar refractivity (Wildman–Crippen MR) is 149 cm³/mol. The Morgan fingerprint density at radius 3 is 2.37 bits per heavy atom. The van der Waals surface area contributed by atoms with Crippen molar-refractivity contribution >= 4 is 40.3 Å². The van der Waals surface area contributed by atoms with Gasteiger partial charge in [-0.2, -0.15) is 0 Å². The van der Waals surface area contributed by atoms with Crippen molar-refractivity contribution in [2.45, 2.75) is 25.9 Å². The van der Waals surface area contributed by atoms with Gasteiger partial charge in [0.25, 0.3) is 0 Å². The van der Waals surface area contributed by atoms with Gasteiger partial charge in [-0.25, -0.2) is 0 Å². The highest BCUT2D eigenvalue weighted by molar-refractivity contribution is 7.80. The van der Waals surface area contributed by atoms with Crippen LogP contribution in [0.5, 0.6) is 0 Å². The van der Waals surface area contributed by atoms with Gasteiger partial charge < -0.3 is 19.7 Å². The molecule has 178 valence electrons. The van der Waals surface area contributed by atoms with Crippen molar-refractivity contribution < 1.29 is 0 Å². The standard InChI is InChI=1S/C28H28ClN5S/c1-18-16-24(19(2)33(18)23-9-7-8-20(29)17-23)27-26(25-10-5-6-15-30-25)31-28(35)34(27)22-13-11-21(12-14-22)32(3)4/h5-17,26-27H,1-4H3,(H,31,35)/t26-,27-/m0/s1. The van der Waals surface area contributed by atoms with E-state index < -0.39 is 0 Å². The summed E-state index contributed by atoms with van der Waals surface area (Å²) in [4.78, 5) is 9.00. The fraction of sp³-hybridized carbons (Fsp3) is 0.214. The van der Waals surface area contributed by atoms with Gasteiger partial charge in [-0.05, 0) is 92.3 Å². The van der Waals surface area contributed by atoms with Gasteiger partial charge in [0.2, 0.25) is 0 Å². The molecular formula is C28H28ClN5S. The van der Waals surface area contributed by atoms with Gasteiger partial charge in [0.05, 0.1) is 17.8 Å². The van der Waals surface area contributed by atoms with Crippen LogP contribution >= 0.6 is 23.8 Å². The summed E-state index contributed by atoms with van der Waals surface area (Å²) in [5.74, 6) is 0. The number of aromatic nitrogens is 2. The Labute approximate surface area is 217 Å². The van der Waals surface area contributed by atoms with E-state index in [-0.39, 0.29) is 12.1 Å². The van der Waals surface area contributed by atoms with Crippen molar-refractivity contribution in [3.63, 3.8) is 0 Å². The number of halogens is 1. The van der Waals surface area contributed by atoms with Crippen LogP contribution in [-0.4, -0.2) is 28.8 Å². The second kappa shape index (κ2) is 9.36. The van der Waals surface area contributed by atoms with Crippen LogP contribution in [0, 0.1) is 13.8 Å². The summed E-state index contributed by atoms with van der Waals surface area (Å²) in [5, 5.41) is 4.97. The Hall–Kier alpha value is -3.35. The van der Waals surface area contributed by atoms with Crippen LogP contribution in [0.4, 0.5) is 11.4 Å². The fourth-order valence-corrected chi connectivity index (χ4v) is 5.49. The van der Waals surface area contributed by atoms with Crippen LogP contribution in [0.1, 0.15) is 34.7 Å². The second-order valence-corrected chi connectivity index (χ2v) is 9.87. The van der Waals surface area contributed by atoms with Crippen molar-refractivity contribution in [1.82, 2.24) is 14.9 Å². The molecule has 2 aromatic carbocycles. The maximum absolute atomic E-state index is 6.33. The lowest BCUT2D eigenvalue weighted by atomic mass is 9.96. The molecule has 0 bridgehead atoms. The summed E-state index contributed by atoms with van der Waals surface area (Å²) < 4.78 is 2.26. The third-order valence-corrected chi connectivity index (χ3v) is 7.15. The first-order valence-corrected chi connectivity index (χ1v) is 12.4. The number of anilines is 2. The molecule has 0 aliphatic carbocycles. The molecule has 0 spiro atoms. The molecule has 4 aromatic rings. The van der Waals surface area contributed by atoms with Crippen LogP contribution in [0.25, 0.3) is 5.69 Å². The molecule has 35 heavy (non-hydrogen) atoms. The summed E-state index contributed by atoms with van der Waals surface area (Å²) in [6, 6.07) is 24.6. The number of nitrogens with one attached hydrogen (secondary N) is 1. The van der Waals surface area contributed by atoms with Gasteiger partial charge >= 0.3 is 0 Å². The number of hydrogen-bond donors (Lipinski definition) is 1. The summed E-state index contributed by atoms with van der Waals surface area (Å²) in [5.41, 5.74) is 7.68. The lowest BCUT2D eigenvalue weighted by Crippen LogP contribution is -2.29. The van der Waals surface area contributed by atoms with E-state index in [1.54, 1.807) is 0 Å². The average Bonchev–Trinajstić information content (AvgIpc) is 3.34. The molecule has 1 N–H and O–H groups in total. The molecule has 1 aliphatic rings. The second-order valence-electron chi connectivity index (χ2n) is 9.05. The average molecular weight is 502 g/mol. The van der Waals surface area contributed by atoms with E-state index in [4.69, 9.17) is 23.8 Å². The van der Waals surface area contributed by atoms with Crippen LogP contribution in [0.3, 0.4) is 0 Å². The molecule has 3 heterocycles. The predicted octanol–water partition coefficient (Wildman–Crippen LogP) is 6.39. The molecule has 7 heteroatoms. The van der Waals surface area contributed by atoms with Gasteiger partial charge in [0, 0.05) is 53.8 Å². The lowest BCUT2D eigenvalue weighted by molar-refractivity contribution is 0.565. The molecule has 5 rings (SSSR count). The third kappa shape index (κ3) is 4.28. The van der Waals surface area contributed by atoms with Crippen molar-refractivity contribution in [3.05, 3.63) is 107 Å².